The van der Waals surface area contributed by atoms with Gasteiger partial charge in [-0.3, -0.25) is 14.8 Å². The molecule has 5 rings (SSSR count). The Morgan fingerprint density at radius 3 is 2.39 bits per heavy atom. The average molecular weight is 513 g/mol. The summed E-state index contributed by atoms with van der Waals surface area (Å²) in [6.07, 6.45) is 1.99. The molecule has 33 heavy (non-hydrogen) atoms. The number of anilines is 2. The predicted octanol–water partition coefficient (Wildman–Crippen LogP) is 5.68. The van der Waals surface area contributed by atoms with Crippen molar-refractivity contribution in [1.82, 2.24) is 9.97 Å². The number of sulfonamides is 1. The highest BCUT2D eigenvalue weighted by molar-refractivity contribution is 8.00. The van der Waals surface area contributed by atoms with Crippen LogP contribution in [0.3, 0.4) is 0 Å². The van der Waals surface area contributed by atoms with Gasteiger partial charge in [0, 0.05) is 11.3 Å². The van der Waals surface area contributed by atoms with Gasteiger partial charge in [0.15, 0.2) is 9.47 Å². The number of carbonyl (C=O) groups excluding carboxylic acids is 1. The fourth-order valence-electron chi connectivity index (χ4n) is 3.20. The van der Waals surface area contributed by atoms with Crippen molar-refractivity contribution in [3.05, 3.63) is 72.3 Å². The summed E-state index contributed by atoms with van der Waals surface area (Å²) < 4.78 is 30.7. The first-order valence-corrected chi connectivity index (χ1v) is 14.0. The fraction of sp³-hybridized carbons (Fsp3) is 0.0455. The Hall–Kier alpha value is -2.99. The first-order chi connectivity index (χ1) is 15.9. The first kappa shape index (κ1) is 21.8. The van der Waals surface area contributed by atoms with E-state index in [1.807, 2.05) is 18.4 Å². The Bertz CT molecular complexity index is 1590. The molecule has 0 unspecified atom stereocenters. The van der Waals surface area contributed by atoms with Gasteiger partial charge in [-0.1, -0.05) is 47.4 Å². The number of hydrogen-bond acceptors (Lipinski definition) is 8. The zero-order chi connectivity index (χ0) is 23.0. The second-order valence-electron chi connectivity index (χ2n) is 6.92. The summed E-state index contributed by atoms with van der Waals surface area (Å²) in [4.78, 5) is 22.1. The van der Waals surface area contributed by atoms with Crippen molar-refractivity contribution in [2.75, 3.05) is 16.3 Å². The molecule has 0 aliphatic rings. The molecule has 0 saturated carbocycles. The Kier molecular flexibility index (Phi) is 5.79. The molecule has 0 radical (unpaired) electrons. The third kappa shape index (κ3) is 4.44. The lowest BCUT2D eigenvalue weighted by Crippen LogP contribution is -2.15. The van der Waals surface area contributed by atoms with Crippen LogP contribution < -0.4 is 10.0 Å². The maximum Gasteiger partial charge on any atom is 0.261 e. The van der Waals surface area contributed by atoms with E-state index in [4.69, 9.17) is 0 Å². The summed E-state index contributed by atoms with van der Waals surface area (Å²) in [6, 6.07) is 18.2. The van der Waals surface area contributed by atoms with E-state index in [1.165, 1.54) is 29.5 Å². The highest BCUT2D eigenvalue weighted by Gasteiger charge is 2.16. The van der Waals surface area contributed by atoms with Crippen molar-refractivity contribution in [3.63, 3.8) is 0 Å². The van der Waals surface area contributed by atoms with Crippen LogP contribution in [0, 0.1) is 0 Å². The van der Waals surface area contributed by atoms with Crippen LogP contribution in [0.2, 0.25) is 0 Å². The number of amides is 1. The van der Waals surface area contributed by atoms with E-state index in [0.29, 0.717) is 16.4 Å². The van der Waals surface area contributed by atoms with E-state index >= 15 is 0 Å². The Morgan fingerprint density at radius 1 is 0.909 bits per heavy atom. The highest BCUT2D eigenvalue weighted by Crippen LogP contribution is 2.38. The van der Waals surface area contributed by atoms with Crippen LogP contribution in [0.4, 0.5) is 10.8 Å². The molecule has 2 aromatic heterocycles. The summed E-state index contributed by atoms with van der Waals surface area (Å²) in [5, 5.41) is 3.29. The van der Waals surface area contributed by atoms with Gasteiger partial charge in [-0.15, -0.1) is 11.3 Å². The minimum atomic E-state index is -3.75. The molecule has 2 heterocycles. The molecule has 1 amide bonds. The molecule has 0 aliphatic heterocycles. The summed E-state index contributed by atoms with van der Waals surface area (Å²) in [6.45, 7) is 0. The van der Waals surface area contributed by atoms with Gasteiger partial charge in [-0.25, -0.2) is 18.4 Å². The average Bonchev–Trinajstić information content (AvgIpc) is 3.42. The molecule has 5 aromatic rings. The van der Waals surface area contributed by atoms with Crippen molar-refractivity contribution in [3.8, 4) is 0 Å². The van der Waals surface area contributed by atoms with Gasteiger partial charge in [0.05, 0.1) is 25.3 Å². The topological polar surface area (TPSA) is 101 Å². The fourth-order valence-corrected chi connectivity index (χ4v) is 6.92. The van der Waals surface area contributed by atoms with Crippen LogP contribution in [0.15, 0.2) is 76.0 Å². The zero-order valence-corrected chi connectivity index (χ0v) is 20.4. The SMILES string of the molecule is CSc1nc2ccc3nc(NC(=O)c4cccc(NS(=O)(=O)c5ccccc5)c4)sc3c2s1. The Balaban J connectivity index is 1.38. The van der Waals surface area contributed by atoms with Crippen LogP contribution in [0.1, 0.15) is 10.4 Å². The second kappa shape index (κ2) is 8.75. The van der Waals surface area contributed by atoms with Gasteiger partial charge in [-0.05, 0) is 48.7 Å². The maximum absolute atomic E-state index is 12.9. The van der Waals surface area contributed by atoms with E-state index in [1.54, 1.807) is 59.5 Å². The third-order valence-corrected chi connectivity index (χ3v) is 9.32. The summed E-state index contributed by atoms with van der Waals surface area (Å²) in [5.74, 6) is -0.375. The molecule has 2 N–H and O–H groups in total. The van der Waals surface area contributed by atoms with Crippen LogP contribution in [0.25, 0.3) is 20.4 Å². The second-order valence-corrected chi connectivity index (χ2v) is 11.7. The summed E-state index contributed by atoms with van der Waals surface area (Å²) in [7, 11) is -3.75. The van der Waals surface area contributed by atoms with Gasteiger partial charge >= 0.3 is 0 Å². The molecule has 0 saturated heterocycles. The third-order valence-electron chi connectivity index (χ3n) is 4.72. The molecule has 0 aliphatic carbocycles. The lowest BCUT2D eigenvalue weighted by Gasteiger charge is -2.09. The number of nitrogens with one attached hydrogen (secondary N) is 2. The lowest BCUT2D eigenvalue weighted by molar-refractivity contribution is 0.102. The van der Waals surface area contributed by atoms with E-state index < -0.39 is 10.0 Å². The molecule has 11 heteroatoms. The van der Waals surface area contributed by atoms with Crippen LogP contribution >= 0.6 is 34.4 Å². The van der Waals surface area contributed by atoms with E-state index in [0.717, 1.165) is 24.8 Å². The van der Waals surface area contributed by atoms with E-state index in [9.17, 15) is 13.2 Å². The van der Waals surface area contributed by atoms with Crippen molar-refractivity contribution < 1.29 is 13.2 Å². The zero-order valence-electron chi connectivity index (χ0n) is 17.1. The number of thioether (sulfide) groups is 1. The van der Waals surface area contributed by atoms with Crippen molar-refractivity contribution in [2.45, 2.75) is 9.24 Å². The van der Waals surface area contributed by atoms with Gasteiger partial charge < -0.3 is 0 Å². The number of thiazole rings is 2. The highest BCUT2D eigenvalue weighted by atomic mass is 32.2. The molecule has 166 valence electrons. The minimum Gasteiger partial charge on any atom is -0.298 e. The number of fused-ring (bicyclic) bond motifs is 3. The number of hydrogen-bond donors (Lipinski definition) is 2. The Morgan fingerprint density at radius 2 is 1.64 bits per heavy atom. The number of carbonyl (C=O) groups is 1. The molecule has 0 bridgehead atoms. The molecular formula is C22H16N4O3S4. The van der Waals surface area contributed by atoms with Crippen molar-refractivity contribution in [2.24, 2.45) is 0 Å². The van der Waals surface area contributed by atoms with Crippen LogP contribution in [-0.4, -0.2) is 30.5 Å². The van der Waals surface area contributed by atoms with E-state index in [-0.39, 0.29) is 10.8 Å². The monoisotopic (exact) mass is 512 g/mol. The maximum atomic E-state index is 12.9. The number of nitrogens with zero attached hydrogens (tertiary/aromatic N) is 2. The first-order valence-electron chi connectivity index (χ1n) is 9.66. The minimum absolute atomic E-state index is 0.147. The normalized spacial score (nSPS) is 11.7. The molecule has 7 nitrogen and oxygen atoms in total. The number of aromatic nitrogens is 2. The van der Waals surface area contributed by atoms with Crippen LogP contribution in [-0.2, 0) is 10.0 Å². The molecule has 0 spiro atoms. The molecule has 3 aromatic carbocycles. The predicted molar refractivity (Wildman–Crippen MR) is 136 cm³/mol. The van der Waals surface area contributed by atoms with Gasteiger partial charge in [0.25, 0.3) is 15.9 Å². The smallest absolute Gasteiger partial charge is 0.261 e. The van der Waals surface area contributed by atoms with Gasteiger partial charge in [0.1, 0.15) is 0 Å². The quantitative estimate of drug-likeness (QED) is 0.284. The standard InChI is InChI=1S/C22H16N4O3S4/c1-30-22-24-17-11-10-16-18(19(17)32-22)31-21(23-16)25-20(27)13-6-5-7-14(12-13)26-33(28,29)15-8-3-2-4-9-15/h2-12,26H,1H3,(H,23,25,27). The lowest BCUT2D eigenvalue weighted by atomic mass is 10.2. The van der Waals surface area contributed by atoms with E-state index in [2.05, 4.69) is 20.0 Å². The Labute approximate surface area is 202 Å². The van der Waals surface area contributed by atoms with Gasteiger partial charge in [-0.2, -0.15) is 0 Å². The van der Waals surface area contributed by atoms with Gasteiger partial charge in [0.2, 0.25) is 0 Å². The number of rotatable bonds is 6. The largest absolute Gasteiger partial charge is 0.298 e. The summed E-state index contributed by atoms with van der Waals surface area (Å²) in [5.41, 5.74) is 2.32. The molecule has 0 atom stereocenters. The van der Waals surface area contributed by atoms with Crippen molar-refractivity contribution in [1.29, 1.82) is 0 Å². The molecule has 0 fully saturated rings. The number of benzene rings is 3. The van der Waals surface area contributed by atoms with Crippen LogP contribution in [0.5, 0.6) is 0 Å². The molecular weight excluding hydrogens is 497 g/mol. The summed E-state index contributed by atoms with van der Waals surface area (Å²) >= 11 is 4.59. The van der Waals surface area contributed by atoms with Crippen molar-refractivity contribution >= 4 is 81.6 Å².